The number of nitrogens with one attached hydrogen (secondary N) is 1. The average Bonchev–Trinajstić information content (AvgIpc) is 3.50. The number of rotatable bonds is 11. The summed E-state index contributed by atoms with van der Waals surface area (Å²) < 4.78 is 18.3. The predicted molar refractivity (Wildman–Crippen MR) is 165 cm³/mol. The minimum Gasteiger partial charge on any atom is -0.490 e. The summed E-state index contributed by atoms with van der Waals surface area (Å²) in [4.78, 5) is 56.1. The van der Waals surface area contributed by atoms with Crippen LogP contribution in [0.1, 0.15) is 68.7 Å². The van der Waals surface area contributed by atoms with Gasteiger partial charge in [0.05, 0.1) is 22.3 Å². The Balaban J connectivity index is 1.38. The smallest absolute Gasteiger partial charge is 0.407 e. The molecule has 240 valence electrons. The number of halogens is 1. The topological polar surface area (TPSA) is 138 Å². The molecule has 0 saturated carbocycles. The summed E-state index contributed by atoms with van der Waals surface area (Å²) in [6, 6.07) is 11.3. The standard InChI is InChI=1S/C32H37ClN4O8/c1-31(2,3)43-29(40)26(45-37-27(38)23-10-7-8-11-24(23)28(37)39)19-42-21-12-13-22(25(33)16-21)20-17-35-36(18-20)15-9-14-34-30(41)44-32(4,5)6/h7-8,10-13,16-18,26H,9,14-15,19H2,1-6H3,(H,34,41). The van der Waals surface area contributed by atoms with E-state index in [4.69, 9.17) is 30.6 Å². The lowest BCUT2D eigenvalue weighted by Gasteiger charge is -2.26. The van der Waals surface area contributed by atoms with Crippen LogP contribution in [0.2, 0.25) is 5.02 Å². The fourth-order valence-electron chi connectivity index (χ4n) is 4.26. The van der Waals surface area contributed by atoms with Crippen molar-refractivity contribution in [2.75, 3.05) is 13.2 Å². The fourth-order valence-corrected chi connectivity index (χ4v) is 4.54. The van der Waals surface area contributed by atoms with Crippen LogP contribution in [0.25, 0.3) is 11.1 Å². The monoisotopic (exact) mass is 640 g/mol. The van der Waals surface area contributed by atoms with Crippen LogP contribution in [-0.4, -0.2) is 69.2 Å². The van der Waals surface area contributed by atoms with Gasteiger partial charge in [-0.1, -0.05) is 23.7 Å². The quantitative estimate of drug-likeness (QED) is 0.165. The van der Waals surface area contributed by atoms with Crippen molar-refractivity contribution in [3.8, 4) is 16.9 Å². The maximum atomic E-state index is 13.0. The predicted octanol–water partition coefficient (Wildman–Crippen LogP) is 5.44. The molecule has 1 unspecified atom stereocenters. The fraction of sp³-hybridized carbons (Fsp3) is 0.406. The Labute approximate surface area is 266 Å². The molecule has 1 aliphatic heterocycles. The molecular weight excluding hydrogens is 604 g/mol. The molecule has 0 spiro atoms. The van der Waals surface area contributed by atoms with Crippen LogP contribution in [0.15, 0.2) is 54.9 Å². The van der Waals surface area contributed by atoms with Gasteiger partial charge in [0, 0.05) is 30.4 Å². The van der Waals surface area contributed by atoms with E-state index >= 15 is 0 Å². The molecule has 4 rings (SSSR count). The number of hydroxylamine groups is 2. The number of imide groups is 1. The number of hydrogen-bond donors (Lipinski definition) is 1. The molecule has 0 saturated heterocycles. The Kier molecular flexibility index (Phi) is 10.2. The second-order valence-corrected chi connectivity index (χ2v) is 12.7. The van der Waals surface area contributed by atoms with Crippen LogP contribution < -0.4 is 10.1 Å². The highest BCUT2D eigenvalue weighted by molar-refractivity contribution is 6.33. The maximum Gasteiger partial charge on any atom is 0.407 e. The van der Waals surface area contributed by atoms with E-state index in [1.165, 1.54) is 12.1 Å². The van der Waals surface area contributed by atoms with E-state index in [2.05, 4.69) is 10.4 Å². The average molecular weight is 641 g/mol. The summed E-state index contributed by atoms with van der Waals surface area (Å²) >= 11 is 6.58. The third-order valence-electron chi connectivity index (χ3n) is 6.18. The highest BCUT2D eigenvalue weighted by Gasteiger charge is 2.40. The second-order valence-electron chi connectivity index (χ2n) is 12.3. The lowest BCUT2D eigenvalue weighted by Crippen LogP contribution is -2.43. The van der Waals surface area contributed by atoms with Gasteiger partial charge >= 0.3 is 12.1 Å². The Bertz CT molecular complexity index is 1540. The number of benzene rings is 2. The first-order valence-electron chi connectivity index (χ1n) is 14.4. The SMILES string of the molecule is CC(C)(C)OC(=O)NCCCn1cc(-c2ccc(OCC(ON3C(=O)c4ccccc4C3=O)C(=O)OC(C)(C)C)cc2Cl)cn1. The number of alkyl carbamates (subject to hydrolysis) is 1. The Morgan fingerprint density at radius 3 is 2.18 bits per heavy atom. The largest absolute Gasteiger partial charge is 0.490 e. The number of amides is 3. The number of hydrogen-bond acceptors (Lipinski definition) is 9. The van der Waals surface area contributed by atoms with Gasteiger partial charge in [0.25, 0.3) is 11.8 Å². The molecule has 1 N–H and O–H groups in total. The molecule has 0 radical (unpaired) electrons. The van der Waals surface area contributed by atoms with Gasteiger partial charge in [0.2, 0.25) is 6.10 Å². The highest BCUT2D eigenvalue weighted by atomic mass is 35.5. The van der Waals surface area contributed by atoms with Crippen LogP contribution in [0, 0.1) is 0 Å². The molecule has 1 aromatic heterocycles. The van der Waals surface area contributed by atoms with Crippen molar-refractivity contribution in [3.05, 3.63) is 71.0 Å². The van der Waals surface area contributed by atoms with Crippen molar-refractivity contribution in [1.29, 1.82) is 0 Å². The summed E-state index contributed by atoms with van der Waals surface area (Å²) in [5.74, 6) is -1.85. The maximum absolute atomic E-state index is 13.0. The van der Waals surface area contributed by atoms with E-state index in [9.17, 15) is 19.2 Å². The number of carbonyl (C=O) groups is 4. The van der Waals surface area contributed by atoms with Gasteiger partial charge in [0.15, 0.2) is 0 Å². The van der Waals surface area contributed by atoms with E-state index in [-0.39, 0.29) is 17.7 Å². The number of aryl methyl sites for hydroxylation is 1. The first-order chi connectivity index (χ1) is 21.1. The van der Waals surface area contributed by atoms with E-state index < -0.39 is 41.2 Å². The summed E-state index contributed by atoms with van der Waals surface area (Å²) in [5.41, 5.74) is 0.408. The lowest BCUT2D eigenvalue weighted by molar-refractivity contribution is -0.193. The van der Waals surface area contributed by atoms with Gasteiger partial charge in [-0.3, -0.25) is 14.3 Å². The summed E-state index contributed by atoms with van der Waals surface area (Å²) in [6.45, 7) is 11.1. The zero-order valence-corrected chi connectivity index (χ0v) is 26.8. The zero-order chi connectivity index (χ0) is 32.9. The number of carbonyl (C=O) groups excluding carboxylic acids is 4. The lowest BCUT2D eigenvalue weighted by atomic mass is 10.1. The van der Waals surface area contributed by atoms with Crippen LogP contribution in [-0.2, 0) is 25.7 Å². The molecule has 12 nitrogen and oxygen atoms in total. The molecule has 0 fully saturated rings. The molecule has 13 heteroatoms. The molecule has 45 heavy (non-hydrogen) atoms. The third-order valence-corrected chi connectivity index (χ3v) is 6.49. The van der Waals surface area contributed by atoms with Crippen molar-refractivity contribution in [2.45, 2.75) is 71.8 Å². The van der Waals surface area contributed by atoms with Crippen molar-refractivity contribution in [3.63, 3.8) is 0 Å². The molecule has 2 aromatic carbocycles. The van der Waals surface area contributed by atoms with Crippen molar-refractivity contribution < 1.29 is 38.2 Å². The molecule has 0 aliphatic carbocycles. The summed E-state index contributed by atoms with van der Waals surface area (Å²) in [5, 5.41) is 8.02. The first kappa shape index (κ1) is 33.5. The molecule has 1 atom stereocenters. The number of ether oxygens (including phenoxy) is 3. The van der Waals surface area contributed by atoms with Gasteiger partial charge in [-0.15, -0.1) is 5.06 Å². The van der Waals surface area contributed by atoms with Gasteiger partial charge < -0.3 is 19.5 Å². The minimum atomic E-state index is -1.44. The zero-order valence-electron chi connectivity index (χ0n) is 26.1. The van der Waals surface area contributed by atoms with Crippen LogP contribution in [0.4, 0.5) is 4.79 Å². The minimum absolute atomic E-state index is 0.175. The molecule has 1 aliphatic rings. The normalized spacial score (nSPS) is 13.8. The van der Waals surface area contributed by atoms with Crippen LogP contribution in [0.3, 0.4) is 0 Å². The van der Waals surface area contributed by atoms with Crippen LogP contribution >= 0.6 is 11.6 Å². The van der Waals surface area contributed by atoms with E-state index in [0.29, 0.717) is 40.9 Å². The number of esters is 1. The number of nitrogens with zero attached hydrogens (tertiary/aromatic N) is 3. The Morgan fingerprint density at radius 1 is 0.933 bits per heavy atom. The number of aromatic nitrogens is 2. The van der Waals surface area contributed by atoms with Crippen molar-refractivity contribution in [1.82, 2.24) is 20.2 Å². The summed E-state index contributed by atoms with van der Waals surface area (Å²) in [7, 11) is 0. The van der Waals surface area contributed by atoms with Gasteiger partial charge in [-0.25, -0.2) is 14.4 Å². The van der Waals surface area contributed by atoms with E-state index in [1.54, 1.807) is 82.8 Å². The molecule has 2 heterocycles. The Hall–Kier alpha value is -4.42. The molecular formula is C32H37ClN4O8. The second kappa shape index (κ2) is 13.7. The van der Waals surface area contributed by atoms with E-state index in [1.807, 2.05) is 6.20 Å². The molecule has 3 amide bonds. The van der Waals surface area contributed by atoms with Crippen molar-refractivity contribution in [2.24, 2.45) is 0 Å². The third kappa shape index (κ3) is 9.05. The first-order valence-corrected chi connectivity index (χ1v) is 14.8. The van der Waals surface area contributed by atoms with Crippen LogP contribution in [0.5, 0.6) is 5.75 Å². The summed E-state index contributed by atoms with van der Waals surface area (Å²) in [6.07, 6.45) is 2.25. The van der Waals surface area contributed by atoms with Crippen molar-refractivity contribution >= 4 is 35.5 Å². The molecule has 3 aromatic rings. The number of fused-ring (bicyclic) bond motifs is 1. The van der Waals surface area contributed by atoms with Gasteiger partial charge in [-0.05, 0) is 78.3 Å². The Morgan fingerprint density at radius 2 is 1.58 bits per heavy atom. The van der Waals surface area contributed by atoms with Gasteiger partial charge in [-0.2, -0.15) is 5.10 Å². The van der Waals surface area contributed by atoms with E-state index in [0.717, 1.165) is 5.56 Å². The molecule has 0 bridgehead atoms. The highest BCUT2D eigenvalue weighted by Crippen LogP contribution is 2.31. The van der Waals surface area contributed by atoms with Gasteiger partial charge in [0.1, 0.15) is 23.6 Å².